The fourth-order valence-corrected chi connectivity index (χ4v) is 4.49. The number of rotatable bonds is 6. The second-order valence-electron chi connectivity index (χ2n) is 6.96. The van der Waals surface area contributed by atoms with Crippen molar-refractivity contribution in [3.8, 4) is 0 Å². The van der Waals surface area contributed by atoms with Crippen molar-refractivity contribution in [2.24, 2.45) is 5.92 Å². The van der Waals surface area contributed by atoms with Crippen LogP contribution in [0.2, 0.25) is 0 Å². The van der Waals surface area contributed by atoms with Crippen molar-refractivity contribution < 1.29 is 4.79 Å². The molecule has 2 aromatic heterocycles. The maximum absolute atomic E-state index is 12.4. The van der Waals surface area contributed by atoms with Gasteiger partial charge in [-0.1, -0.05) is 23.5 Å². The quantitative estimate of drug-likeness (QED) is 0.646. The maximum atomic E-state index is 12.4. The molecule has 0 spiro atoms. The molecule has 1 amide bonds. The Hall–Kier alpha value is -2.74. The van der Waals surface area contributed by atoms with E-state index in [-0.39, 0.29) is 17.4 Å². The van der Waals surface area contributed by atoms with Gasteiger partial charge in [-0.15, -0.1) is 0 Å². The third kappa shape index (κ3) is 4.22. The molecule has 4 rings (SSSR count). The van der Waals surface area contributed by atoms with Gasteiger partial charge >= 0.3 is 0 Å². The summed E-state index contributed by atoms with van der Waals surface area (Å²) in [4.78, 5) is 31.0. The van der Waals surface area contributed by atoms with Crippen molar-refractivity contribution in [1.82, 2.24) is 20.1 Å². The van der Waals surface area contributed by atoms with Crippen molar-refractivity contribution >= 4 is 32.6 Å². The molecule has 3 aromatic rings. The highest BCUT2D eigenvalue weighted by atomic mass is 32.1. The highest BCUT2D eigenvalue weighted by Crippen LogP contribution is 2.31. The van der Waals surface area contributed by atoms with Gasteiger partial charge < -0.3 is 10.2 Å². The topological polar surface area (TPSA) is 80.1 Å². The van der Waals surface area contributed by atoms with E-state index >= 15 is 0 Å². The minimum absolute atomic E-state index is 0.0446. The van der Waals surface area contributed by atoms with E-state index in [1.807, 2.05) is 18.2 Å². The fraction of sp³-hybridized carbons (Fsp3) is 0.400. The lowest BCUT2D eigenvalue weighted by atomic mass is 9.96. The number of aryl methyl sites for hydroxylation is 1. The molecule has 1 aliphatic rings. The van der Waals surface area contributed by atoms with E-state index in [4.69, 9.17) is 4.98 Å². The molecular formula is C20H23N5O2S. The molecule has 0 radical (unpaired) electrons. The summed E-state index contributed by atoms with van der Waals surface area (Å²) in [5.74, 6) is 0.153. The zero-order valence-corrected chi connectivity index (χ0v) is 16.4. The molecule has 8 heteroatoms. The Morgan fingerprint density at radius 3 is 2.79 bits per heavy atom. The summed E-state index contributed by atoms with van der Waals surface area (Å²) in [6, 6.07) is 11.3. The Balaban J connectivity index is 1.22. The first-order valence-electron chi connectivity index (χ1n) is 9.61. The lowest BCUT2D eigenvalue weighted by Gasteiger charge is -2.31. The Kier molecular flexibility index (Phi) is 5.66. The van der Waals surface area contributed by atoms with Gasteiger partial charge in [-0.3, -0.25) is 9.59 Å². The van der Waals surface area contributed by atoms with Gasteiger partial charge in [0, 0.05) is 44.4 Å². The lowest BCUT2D eigenvalue weighted by Crippen LogP contribution is -2.41. The third-order valence-corrected chi connectivity index (χ3v) is 6.15. The van der Waals surface area contributed by atoms with Crippen molar-refractivity contribution in [2.45, 2.75) is 25.8 Å². The molecule has 0 bridgehead atoms. The molecule has 0 aliphatic carbocycles. The lowest BCUT2D eigenvalue weighted by molar-refractivity contribution is -0.125. The number of carbonyl (C=O) groups is 1. The number of benzene rings is 1. The fourth-order valence-electron chi connectivity index (χ4n) is 3.47. The highest BCUT2D eigenvalue weighted by Gasteiger charge is 2.26. The van der Waals surface area contributed by atoms with E-state index in [1.54, 1.807) is 23.6 Å². The molecule has 0 unspecified atom stereocenters. The summed E-state index contributed by atoms with van der Waals surface area (Å²) in [5, 5.41) is 8.07. The van der Waals surface area contributed by atoms with Crippen molar-refractivity contribution in [3.63, 3.8) is 0 Å². The SMILES string of the molecule is O=C(NCCCn1ncccc1=O)C1CCN(c2nc3ccccc3s2)CC1. The number of hydrogen-bond acceptors (Lipinski definition) is 6. The molecule has 146 valence electrons. The number of nitrogens with one attached hydrogen (secondary N) is 1. The number of thiazole rings is 1. The second kappa shape index (κ2) is 8.52. The van der Waals surface area contributed by atoms with Crippen molar-refractivity contribution in [3.05, 3.63) is 52.9 Å². The third-order valence-electron chi connectivity index (χ3n) is 5.05. The predicted octanol–water partition coefficient (Wildman–Crippen LogP) is 2.28. The summed E-state index contributed by atoms with van der Waals surface area (Å²) in [7, 11) is 0. The van der Waals surface area contributed by atoms with Gasteiger partial charge in [-0.05, 0) is 37.5 Å². The summed E-state index contributed by atoms with van der Waals surface area (Å²) < 4.78 is 2.62. The molecule has 3 heterocycles. The first-order chi connectivity index (χ1) is 13.7. The van der Waals surface area contributed by atoms with Crippen molar-refractivity contribution in [2.75, 3.05) is 24.5 Å². The van der Waals surface area contributed by atoms with Crippen molar-refractivity contribution in [1.29, 1.82) is 0 Å². The average molecular weight is 398 g/mol. The van der Waals surface area contributed by atoms with Gasteiger partial charge in [-0.2, -0.15) is 5.10 Å². The smallest absolute Gasteiger partial charge is 0.266 e. The van der Waals surface area contributed by atoms with E-state index in [9.17, 15) is 9.59 Å². The van der Waals surface area contributed by atoms with E-state index in [1.165, 1.54) is 15.4 Å². The number of aromatic nitrogens is 3. The van der Waals surface area contributed by atoms with Crippen LogP contribution < -0.4 is 15.8 Å². The van der Waals surface area contributed by atoms with Crippen LogP contribution in [-0.2, 0) is 11.3 Å². The second-order valence-corrected chi connectivity index (χ2v) is 7.96. The van der Waals surface area contributed by atoms with Gasteiger partial charge in [0.25, 0.3) is 5.56 Å². The van der Waals surface area contributed by atoms with E-state index in [2.05, 4.69) is 21.4 Å². The summed E-state index contributed by atoms with van der Waals surface area (Å²) in [5.41, 5.74) is 0.922. The van der Waals surface area contributed by atoms with Gasteiger partial charge in [-0.25, -0.2) is 9.67 Å². The molecule has 1 saturated heterocycles. The van der Waals surface area contributed by atoms with E-state index < -0.39 is 0 Å². The highest BCUT2D eigenvalue weighted by molar-refractivity contribution is 7.22. The number of carbonyl (C=O) groups excluding carboxylic acids is 1. The number of fused-ring (bicyclic) bond motifs is 1. The van der Waals surface area contributed by atoms with Gasteiger partial charge in [0.2, 0.25) is 5.91 Å². The number of anilines is 1. The Bertz CT molecular complexity index is 974. The standard InChI is InChI=1S/C20H23N5O2S/c26-18-7-3-11-22-25(18)12-4-10-21-19(27)15-8-13-24(14-9-15)20-23-16-5-1-2-6-17(16)28-20/h1-3,5-7,11,15H,4,8-10,12-14H2,(H,21,27). The van der Waals surface area contributed by atoms with Crippen LogP contribution in [0, 0.1) is 5.92 Å². The molecule has 1 fully saturated rings. The minimum atomic E-state index is -0.115. The maximum Gasteiger partial charge on any atom is 0.266 e. The number of amides is 1. The van der Waals surface area contributed by atoms with Gasteiger partial charge in [0.15, 0.2) is 5.13 Å². The normalized spacial score (nSPS) is 15.1. The first-order valence-corrected chi connectivity index (χ1v) is 10.4. The molecule has 1 aliphatic heterocycles. The molecule has 1 N–H and O–H groups in total. The molecule has 0 saturated carbocycles. The Morgan fingerprint density at radius 2 is 2.00 bits per heavy atom. The number of para-hydroxylation sites is 1. The van der Waals surface area contributed by atoms with E-state index in [0.29, 0.717) is 19.5 Å². The molecule has 7 nitrogen and oxygen atoms in total. The van der Waals surface area contributed by atoms with Gasteiger partial charge in [0.1, 0.15) is 0 Å². The largest absolute Gasteiger partial charge is 0.356 e. The van der Waals surface area contributed by atoms with Gasteiger partial charge in [0.05, 0.1) is 10.2 Å². The number of hydrogen-bond donors (Lipinski definition) is 1. The van der Waals surface area contributed by atoms with Crippen LogP contribution in [-0.4, -0.2) is 40.3 Å². The Labute approximate surface area is 167 Å². The first kappa shape index (κ1) is 18.6. The molecule has 1 aromatic carbocycles. The van der Waals surface area contributed by atoms with Crippen LogP contribution in [0.3, 0.4) is 0 Å². The summed E-state index contributed by atoms with van der Waals surface area (Å²) >= 11 is 1.71. The zero-order valence-electron chi connectivity index (χ0n) is 15.6. The minimum Gasteiger partial charge on any atom is -0.356 e. The number of nitrogens with zero attached hydrogens (tertiary/aromatic N) is 4. The molecule has 28 heavy (non-hydrogen) atoms. The van der Waals surface area contributed by atoms with Crippen LogP contribution in [0.4, 0.5) is 5.13 Å². The predicted molar refractivity (Wildman–Crippen MR) is 111 cm³/mol. The van der Waals surface area contributed by atoms with E-state index in [0.717, 1.165) is 36.6 Å². The zero-order chi connectivity index (χ0) is 19.3. The summed E-state index contributed by atoms with van der Waals surface area (Å²) in [6.45, 7) is 2.76. The molecular weight excluding hydrogens is 374 g/mol. The Morgan fingerprint density at radius 1 is 1.18 bits per heavy atom. The average Bonchev–Trinajstić information content (AvgIpc) is 3.17. The monoisotopic (exact) mass is 397 g/mol. The van der Waals surface area contributed by atoms with Crippen LogP contribution in [0.5, 0.6) is 0 Å². The number of piperidine rings is 1. The van der Waals surface area contributed by atoms with Crippen LogP contribution in [0.15, 0.2) is 47.4 Å². The summed E-state index contributed by atoms with van der Waals surface area (Å²) in [6.07, 6.45) is 3.95. The molecule has 0 atom stereocenters. The van der Waals surface area contributed by atoms with Crippen LogP contribution >= 0.6 is 11.3 Å². The van der Waals surface area contributed by atoms with Crippen LogP contribution in [0.1, 0.15) is 19.3 Å². The van der Waals surface area contributed by atoms with Crippen LogP contribution in [0.25, 0.3) is 10.2 Å².